The van der Waals surface area contributed by atoms with Crippen molar-refractivity contribution < 1.29 is 13.2 Å². The number of anilines is 1. The van der Waals surface area contributed by atoms with E-state index >= 15 is 0 Å². The van der Waals surface area contributed by atoms with Gasteiger partial charge in [0.25, 0.3) is 5.91 Å². The van der Waals surface area contributed by atoms with Crippen molar-refractivity contribution in [2.24, 2.45) is 22.2 Å². The van der Waals surface area contributed by atoms with Gasteiger partial charge in [-0.05, 0) is 25.0 Å². The Balaban J connectivity index is 2.58. The van der Waals surface area contributed by atoms with E-state index in [1.807, 2.05) is 4.90 Å². The zero-order valence-corrected chi connectivity index (χ0v) is 13.7. The molecule has 0 saturated carbocycles. The number of amides is 1. The van der Waals surface area contributed by atoms with Crippen molar-refractivity contribution in [2.45, 2.75) is 23.8 Å². The van der Waals surface area contributed by atoms with Gasteiger partial charge < -0.3 is 22.1 Å². The van der Waals surface area contributed by atoms with Gasteiger partial charge in [0.2, 0.25) is 0 Å². The summed E-state index contributed by atoms with van der Waals surface area (Å²) in [6.07, 6.45) is 2.57. The maximum Gasteiger partial charge on any atom is 0.283 e. The lowest BCUT2D eigenvalue weighted by Crippen LogP contribution is -2.40. The van der Waals surface area contributed by atoms with Crippen molar-refractivity contribution in [1.29, 1.82) is 0 Å². The highest BCUT2D eigenvalue weighted by atomic mass is 32.2. The standard InChI is InChI=1S/C14H21N5O3S/c1-23(21,22)11-4-2-3-10(12(11)13(20)18-14(16)17)19-7-5-9(15)6-8-19/h2-4,9H,5-8,15H2,1H3,(H4,16,17,18,20). The molecule has 1 amide bonds. The number of guanidine groups is 1. The molecule has 1 saturated heterocycles. The fourth-order valence-electron chi connectivity index (χ4n) is 2.62. The van der Waals surface area contributed by atoms with Crippen LogP contribution in [0.3, 0.4) is 0 Å². The van der Waals surface area contributed by atoms with E-state index in [-0.39, 0.29) is 16.5 Å². The van der Waals surface area contributed by atoms with Crippen molar-refractivity contribution in [3.8, 4) is 0 Å². The minimum absolute atomic E-state index is 0.00104. The fraction of sp³-hybridized carbons (Fsp3) is 0.429. The number of nitrogens with two attached hydrogens (primary N) is 3. The highest BCUT2D eigenvalue weighted by molar-refractivity contribution is 7.90. The summed E-state index contributed by atoms with van der Waals surface area (Å²) in [7, 11) is -3.61. The van der Waals surface area contributed by atoms with E-state index in [4.69, 9.17) is 17.2 Å². The van der Waals surface area contributed by atoms with Gasteiger partial charge in [-0.1, -0.05) is 6.07 Å². The minimum atomic E-state index is -3.61. The number of piperidine rings is 1. The van der Waals surface area contributed by atoms with Gasteiger partial charge in [-0.2, -0.15) is 4.99 Å². The molecule has 1 aromatic rings. The molecule has 0 bridgehead atoms. The molecule has 0 radical (unpaired) electrons. The average Bonchev–Trinajstić information content (AvgIpc) is 2.45. The summed E-state index contributed by atoms with van der Waals surface area (Å²) in [5.41, 5.74) is 16.9. The number of sulfone groups is 1. The molecule has 0 aliphatic carbocycles. The van der Waals surface area contributed by atoms with Crippen LogP contribution in [0.1, 0.15) is 23.2 Å². The number of carbonyl (C=O) groups is 1. The molecule has 9 heteroatoms. The minimum Gasteiger partial charge on any atom is -0.371 e. The van der Waals surface area contributed by atoms with Gasteiger partial charge in [0.05, 0.1) is 16.1 Å². The lowest BCUT2D eigenvalue weighted by atomic mass is 10.0. The first-order valence-electron chi connectivity index (χ1n) is 7.17. The summed E-state index contributed by atoms with van der Waals surface area (Å²) >= 11 is 0. The molecule has 8 nitrogen and oxygen atoms in total. The SMILES string of the molecule is CS(=O)(=O)c1cccc(N2CCC(N)CC2)c1C(=O)N=C(N)N. The first-order chi connectivity index (χ1) is 10.7. The van der Waals surface area contributed by atoms with E-state index in [0.29, 0.717) is 18.8 Å². The Morgan fingerprint density at radius 2 is 1.87 bits per heavy atom. The van der Waals surface area contributed by atoms with Crippen LogP contribution in [-0.2, 0) is 9.84 Å². The number of aliphatic imine (C=N–C) groups is 1. The fourth-order valence-corrected chi connectivity index (χ4v) is 3.51. The third kappa shape index (κ3) is 3.99. The van der Waals surface area contributed by atoms with E-state index in [2.05, 4.69) is 4.99 Å². The second-order valence-corrected chi connectivity index (χ2v) is 7.57. The predicted molar refractivity (Wildman–Crippen MR) is 89.1 cm³/mol. The molecule has 1 heterocycles. The molecular formula is C14H21N5O3S. The Bertz CT molecular complexity index is 733. The highest BCUT2D eigenvalue weighted by Crippen LogP contribution is 2.30. The quantitative estimate of drug-likeness (QED) is 0.494. The molecule has 1 aliphatic heterocycles. The first kappa shape index (κ1) is 17.2. The summed E-state index contributed by atoms with van der Waals surface area (Å²) in [4.78, 5) is 17.8. The largest absolute Gasteiger partial charge is 0.371 e. The van der Waals surface area contributed by atoms with Gasteiger partial charge in [0.15, 0.2) is 15.8 Å². The number of nitrogens with zero attached hydrogens (tertiary/aromatic N) is 2. The number of hydrogen-bond donors (Lipinski definition) is 3. The maximum atomic E-state index is 12.4. The molecule has 0 spiro atoms. The van der Waals surface area contributed by atoms with Crippen molar-refractivity contribution in [3.05, 3.63) is 23.8 Å². The molecule has 23 heavy (non-hydrogen) atoms. The Kier molecular flexibility index (Phi) is 4.90. The first-order valence-corrected chi connectivity index (χ1v) is 9.07. The Morgan fingerprint density at radius 1 is 1.26 bits per heavy atom. The van der Waals surface area contributed by atoms with Gasteiger partial charge >= 0.3 is 0 Å². The molecule has 126 valence electrons. The summed E-state index contributed by atoms with van der Waals surface area (Å²) in [5.74, 6) is -1.18. The van der Waals surface area contributed by atoms with Gasteiger partial charge in [0.1, 0.15) is 0 Å². The summed E-state index contributed by atoms with van der Waals surface area (Å²) < 4.78 is 24.1. The number of benzene rings is 1. The van der Waals surface area contributed by atoms with Crippen LogP contribution in [0.2, 0.25) is 0 Å². The molecule has 1 fully saturated rings. The van der Waals surface area contributed by atoms with E-state index in [1.54, 1.807) is 12.1 Å². The predicted octanol–water partition coefficient (Wildman–Crippen LogP) is -0.569. The molecule has 2 rings (SSSR count). The van der Waals surface area contributed by atoms with E-state index in [0.717, 1.165) is 19.1 Å². The van der Waals surface area contributed by atoms with Crippen LogP contribution in [0.25, 0.3) is 0 Å². The van der Waals surface area contributed by atoms with Crippen LogP contribution in [0.5, 0.6) is 0 Å². The Labute approximate surface area is 135 Å². The topological polar surface area (TPSA) is 145 Å². The lowest BCUT2D eigenvalue weighted by molar-refractivity contribution is 0.1000. The second kappa shape index (κ2) is 6.55. The van der Waals surface area contributed by atoms with Gasteiger partial charge in [-0.15, -0.1) is 0 Å². The smallest absolute Gasteiger partial charge is 0.283 e. The molecule has 1 aliphatic rings. The molecule has 0 aromatic heterocycles. The molecule has 1 aromatic carbocycles. The van der Waals surface area contributed by atoms with Crippen LogP contribution >= 0.6 is 0 Å². The van der Waals surface area contributed by atoms with Crippen LogP contribution in [-0.4, -0.2) is 45.7 Å². The van der Waals surface area contributed by atoms with Crippen LogP contribution in [0.15, 0.2) is 28.1 Å². The van der Waals surface area contributed by atoms with Gasteiger partial charge in [-0.25, -0.2) is 8.42 Å². The van der Waals surface area contributed by atoms with Gasteiger partial charge in [-0.3, -0.25) is 4.79 Å². The zero-order valence-electron chi connectivity index (χ0n) is 12.9. The zero-order chi connectivity index (χ0) is 17.2. The number of rotatable bonds is 3. The van der Waals surface area contributed by atoms with Crippen molar-refractivity contribution in [3.63, 3.8) is 0 Å². The third-order valence-electron chi connectivity index (χ3n) is 3.73. The normalized spacial score (nSPS) is 16.2. The molecule has 0 unspecified atom stereocenters. The third-order valence-corrected chi connectivity index (χ3v) is 4.87. The summed E-state index contributed by atoms with van der Waals surface area (Å²) in [5, 5.41) is 0. The van der Waals surface area contributed by atoms with E-state index in [9.17, 15) is 13.2 Å². The van der Waals surface area contributed by atoms with E-state index in [1.165, 1.54) is 6.07 Å². The lowest BCUT2D eigenvalue weighted by Gasteiger charge is -2.33. The average molecular weight is 339 g/mol. The second-order valence-electron chi connectivity index (χ2n) is 5.59. The van der Waals surface area contributed by atoms with Crippen molar-refractivity contribution >= 4 is 27.4 Å². The van der Waals surface area contributed by atoms with E-state index < -0.39 is 21.7 Å². The van der Waals surface area contributed by atoms with Crippen LogP contribution in [0, 0.1) is 0 Å². The van der Waals surface area contributed by atoms with Crippen LogP contribution < -0.4 is 22.1 Å². The summed E-state index contributed by atoms with van der Waals surface area (Å²) in [6.45, 7) is 1.27. The number of hydrogen-bond acceptors (Lipinski definition) is 5. The van der Waals surface area contributed by atoms with Crippen molar-refractivity contribution in [2.75, 3.05) is 24.2 Å². The Hall–Kier alpha value is -2.13. The maximum absolute atomic E-state index is 12.4. The molecule has 0 atom stereocenters. The molecular weight excluding hydrogens is 318 g/mol. The number of carbonyl (C=O) groups excluding carboxylic acids is 1. The Morgan fingerprint density at radius 3 is 2.39 bits per heavy atom. The highest BCUT2D eigenvalue weighted by Gasteiger charge is 2.26. The van der Waals surface area contributed by atoms with Gasteiger partial charge in [0, 0.05) is 25.4 Å². The summed E-state index contributed by atoms with van der Waals surface area (Å²) in [6, 6.07) is 4.79. The van der Waals surface area contributed by atoms with Crippen LogP contribution in [0.4, 0.5) is 5.69 Å². The monoisotopic (exact) mass is 339 g/mol. The van der Waals surface area contributed by atoms with Crippen molar-refractivity contribution in [1.82, 2.24) is 0 Å². The molecule has 6 N–H and O–H groups in total.